The Bertz CT molecular complexity index is 1180. The van der Waals surface area contributed by atoms with Gasteiger partial charge in [0.15, 0.2) is 0 Å². The molecule has 0 aliphatic heterocycles. The summed E-state index contributed by atoms with van der Waals surface area (Å²) in [6.07, 6.45) is 2.48. The molecule has 9 heteroatoms. The number of amides is 1. The lowest BCUT2D eigenvalue weighted by molar-refractivity contribution is -0.119. The van der Waals surface area contributed by atoms with E-state index < -0.39 is 22.5 Å². The molecule has 32 heavy (non-hydrogen) atoms. The van der Waals surface area contributed by atoms with Gasteiger partial charge in [-0.3, -0.25) is 9.10 Å². The molecule has 0 heterocycles. The van der Waals surface area contributed by atoms with Crippen LogP contribution in [-0.2, 0) is 21.4 Å². The van der Waals surface area contributed by atoms with Crippen molar-refractivity contribution in [3.05, 3.63) is 95.0 Å². The molecule has 166 valence electrons. The number of rotatable bonds is 9. The highest BCUT2D eigenvalue weighted by Crippen LogP contribution is 2.20. The van der Waals surface area contributed by atoms with Crippen molar-refractivity contribution in [2.45, 2.75) is 6.61 Å². The van der Waals surface area contributed by atoms with Crippen LogP contribution in [0.15, 0.2) is 84.0 Å². The van der Waals surface area contributed by atoms with Crippen LogP contribution in [0.1, 0.15) is 11.1 Å². The number of anilines is 1. The molecule has 7 nitrogen and oxygen atoms in total. The molecule has 3 aromatic carbocycles. The monoisotopic (exact) mass is 471 g/mol. The fourth-order valence-electron chi connectivity index (χ4n) is 2.80. The summed E-state index contributed by atoms with van der Waals surface area (Å²) in [7, 11) is -3.69. The van der Waals surface area contributed by atoms with Gasteiger partial charge in [0.25, 0.3) is 5.91 Å². The molecule has 0 aromatic heterocycles. The molecule has 0 bridgehead atoms. The fourth-order valence-corrected chi connectivity index (χ4v) is 3.78. The van der Waals surface area contributed by atoms with Crippen molar-refractivity contribution in [1.29, 1.82) is 0 Å². The summed E-state index contributed by atoms with van der Waals surface area (Å²) in [5.74, 6) is 0.0117. The minimum atomic E-state index is -3.69. The summed E-state index contributed by atoms with van der Waals surface area (Å²) in [4.78, 5) is 12.3. The second-order valence-corrected chi connectivity index (χ2v) is 9.19. The zero-order valence-electron chi connectivity index (χ0n) is 17.3. The van der Waals surface area contributed by atoms with E-state index in [-0.39, 0.29) is 0 Å². The van der Waals surface area contributed by atoms with Crippen LogP contribution in [-0.4, -0.2) is 33.3 Å². The highest BCUT2D eigenvalue weighted by Gasteiger charge is 2.20. The number of nitrogens with zero attached hydrogens (tertiary/aromatic N) is 2. The van der Waals surface area contributed by atoms with E-state index in [2.05, 4.69) is 10.5 Å². The van der Waals surface area contributed by atoms with Crippen LogP contribution in [0.3, 0.4) is 0 Å². The number of carbonyl (C=O) groups excluding carboxylic acids is 1. The van der Waals surface area contributed by atoms with Gasteiger partial charge in [0.2, 0.25) is 10.0 Å². The molecule has 3 rings (SSSR count). The van der Waals surface area contributed by atoms with Crippen LogP contribution in [0, 0.1) is 0 Å². The minimum Gasteiger partial charge on any atom is -0.488 e. The maximum Gasteiger partial charge on any atom is 0.260 e. The van der Waals surface area contributed by atoms with Crippen molar-refractivity contribution < 1.29 is 17.9 Å². The Labute approximate surface area is 192 Å². The molecule has 3 aromatic rings. The number of nitrogens with one attached hydrogen (secondary N) is 1. The van der Waals surface area contributed by atoms with Gasteiger partial charge < -0.3 is 4.74 Å². The predicted molar refractivity (Wildman–Crippen MR) is 127 cm³/mol. The van der Waals surface area contributed by atoms with E-state index in [1.165, 1.54) is 18.3 Å². The van der Waals surface area contributed by atoms with E-state index in [0.29, 0.717) is 28.6 Å². The lowest BCUT2D eigenvalue weighted by Gasteiger charge is -2.21. The van der Waals surface area contributed by atoms with Crippen LogP contribution in [0.2, 0.25) is 5.02 Å². The van der Waals surface area contributed by atoms with Gasteiger partial charge in [-0.25, -0.2) is 13.8 Å². The van der Waals surface area contributed by atoms with Crippen molar-refractivity contribution in [3.8, 4) is 5.75 Å². The first-order chi connectivity index (χ1) is 15.3. The number of sulfonamides is 1. The van der Waals surface area contributed by atoms with E-state index in [0.717, 1.165) is 16.1 Å². The standard InChI is InChI=1S/C23H22ClN3O4S/c1-32(29,30)27(21-13-11-20(24)12-14-21)16-23(28)26-25-15-19-9-5-6-10-22(19)31-17-18-7-3-2-4-8-18/h2-15H,16-17H2,1H3,(H,26,28)/b25-15-. The number of para-hydroxylation sites is 1. The normalized spacial score (nSPS) is 11.3. The third-order valence-corrected chi connectivity index (χ3v) is 5.74. The zero-order chi connectivity index (χ0) is 23.0. The fraction of sp³-hybridized carbons (Fsp3) is 0.130. The van der Waals surface area contributed by atoms with Crippen molar-refractivity contribution in [1.82, 2.24) is 5.43 Å². The molecule has 0 aliphatic carbocycles. The molecule has 0 saturated carbocycles. The largest absolute Gasteiger partial charge is 0.488 e. The van der Waals surface area contributed by atoms with Crippen LogP contribution in [0.4, 0.5) is 5.69 Å². The van der Waals surface area contributed by atoms with Gasteiger partial charge in [-0.15, -0.1) is 0 Å². The number of ether oxygens (including phenoxy) is 1. The molecule has 0 unspecified atom stereocenters. The number of hydrogen-bond acceptors (Lipinski definition) is 5. The zero-order valence-corrected chi connectivity index (χ0v) is 18.9. The first-order valence-corrected chi connectivity index (χ1v) is 11.9. The maximum atomic E-state index is 12.3. The molecule has 1 N–H and O–H groups in total. The lowest BCUT2D eigenvalue weighted by atomic mass is 10.2. The van der Waals surface area contributed by atoms with Crippen molar-refractivity contribution in [2.24, 2.45) is 5.10 Å². The Hall–Kier alpha value is -3.36. The van der Waals surface area contributed by atoms with Gasteiger partial charge >= 0.3 is 0 Å². The first-order valence-electron chi connectivity index (χ1n) is 9.64. The molecule has 1 amide bonds. The number of benzene rings is 3. The van der Waals surface area contributed by atoms with Gasteiger partial charge in [0.1, 0.15) is 18.9 Å². The van der Waals surface area contributed by atoms with Gasteiger partial charge in [0, 0.05) is 10.6 Å². The third kappa shape index (κ3) is 6.83. The minimum absolute atomic E-state index is 0.329. The van der Waals surface area contributed by atoms with Crippen molar-refractivity contribution >= 4 is 39.4 Å². The number of carbonyl (C=O) groups is 1. The van der Waals surface area contributed by atoms with Gasteiger partial charge in [0.05, 0.1) is 18.2 Å². The second-order valence-electron chi connectivity index (χ2n) is 6.85. The molecular formula is C23H22ClN3O4S. The average molecular weight is 472 g/mol. The van der Waals surface area contributed by atoms with Gasteiger partial charge in [-0.1, -0.05) is 54.1 Å². The smallest absolute Gasteiger partial charge is 0.260 e. The highest BCUT2D eigenvalue weighted by atomic mass is 35.5. The Morgan fingerprint density at radius 3 is 2.38 bits per heavy atom. The van der Waals surface area contributed by atoms with Crippen LogP contribution < -0.4 is 14.5 Å². The number of hydrazone groups is 1. The Morgan fingerprint density at radius 1 is 1.03 bits per heavy atom. The van der Waals surface area contributed by atoms with Crippen molar-refractivity contribution in [3.63, 3.8) is 0 Å². The van der Waals surface area contributed by atoms with Crippen LogP contribution in [0.25, 0.3) is 0 Å². The average Bonchev–Trinajstić information content (AvgIpc) is 2.77. The molecule has 0 fully saturated rings. The predicted octanol–water partition coefficient (Wildman–Crippen LogP) is 3.84. The van der Waals surface area contributed by atoms with Crippen molar-refractivity contribution in [2.75, 3.05) is 17.1 Å². The van der Waals surface area contributed by atoms with Gasteiger partial charge in [-0.2, -0.15) is 5.10 Å². The Balaban J connectivity index is 1.64. The van der Waals surface area contributed by atoms with Gasteiger partial charge in [-0.05, 0) is 42.0 Å². The maximum absolute atomic E-state index is 12.3. The highest BCUT2D eigenvalue weighted by molar-refractivity contribution is 7.92. The topological polar surface area (TPSA) is 88.1 Å². The Kier molecular flexibility index (Phi) is 7.86. The second kappa shape index (κ2) is 10.8. The summed E-state index contributed by atoms with van der Waals surface area (Å²) in [5.41, 5.74) is 4.38. The third-order valence-electron chi connectivity index (χ3n) is 4.35. The molecule has 0 aliphatic rings. The molecule has 0 saturated heterocycles. The van der Waals surface area contributed by atoms with E-state index in [1.54, 1.807) is 24.3 Å². The summed E-state index contributed by atoms with van der Waals surface area (Å²) in [5, 5.41) is 4.42. The summed E-state index contributed by atoms with van der Waals surface area (Å²) in [6, 6.07) is 23.2. The summed E-state index contributed by atoms with van der Waals surface area (Å²) in [6.45, 7) is -0.0353. The van der Waals surface area contributed by atoms with Crippen LogP contribution >= 0.6 is 11.6 Å². The molecule has 0 atom stereocenters. The van der Waals surface area contributed by atoms with E-state index in [1.807, 2.05) is 42.5 Å². The molecular weight excluding hydrogens is 450 g/mol. The van der Waals surface area contributed by atoms with E-state index in [4.69, 9.17) is 16.3 Å². The summed E-state index contributed by atoms with van der Waals surface area (Å²) >= 11 is 5.86. The Morgan fingerprint density at radius 2 is 1.69 bits per heavy atom. The quantitative estimate of drug-likeness (QED) is 0.379. The SMILES string of the molecule is CS(=O)(=O)N(CC(=O)N/N=C\c1ccccc1OCc1ccccc1)c1ccc(Cl)cc1. The molecule has 0 radical (unpaired) electrons. The van der Waals surface area contributed by atoms with E-state index >= 15 is 0 Å². The first kappa shape index (κ1) is 23.3. The lowest BCUT2D eigenvalue weighted by Crippen LogP contribution is -2.39. The summed E-state index contributed by atoms with van der Waals surface area (Å²) < 4.78 is 31.1. The van der Waals surface area contributed by atoms with Crippen LogP contribution in [0.5, 0.6) is 5.75 Å². The molecule has 0 spiro atoms. The van der Waals surface area contributed by atoms with E-state index in [9.17, 15) is 13.2 Å². The number of halogens is 1. The number of hydrogen-bond donors (Lipinski definition) is 1.